The Morgan fingerprint density at radius 2 is 2.30 bits per heavy atom. The van der Waals surface area contributed by atoms with E-state index in [4.69, 9.17) is 4.74 Å². The molecule has 0 aliphatic carbocycles. The van der Waals surface area contributed by atoms with Gasteiger partial charge in [-0.1, -0.05) is 0 Å². The number of fused-ring (bicyclic) bond motifs is 1. The van der Waals surface area contributed by atoms with E-state index in [2.05, 4.69) is 25.3 Å². The van der Waals surface area contributed by atoms with Crippen LogP contribution in [0.15, 0.2) is 18.6 Å². The maximum atomic E-state index is 11.9. The molecule has 7 heteroatoms. The van der Waals surface area contributed by atoms with E-state index in [1.165, 1.54) is 13.4 Å². The Kier molecular flexibility index (Phi) is 3.34. The third-order valence-corrected chi connectivity index (χ3v) is 3.12. The molecule has 0 unspecified atom stereocenters. The zero-order valence-electron chi connectivity index (χ0n) is 11.0. The maximum absolute atomic E-state index is 11.9. The Morgan fingerprint density at radius 1 is 1.40 bits per heavy atom. The number of nitrogens with zero attached hydrogens (tertiary/aromatic N) is 4. The van der Waals surface area contributed by atoms with Crippen molar-refractivity contribution in [3.63, 3.8) is 0 Å². The lowest BCUT2D eigenvalue weighted by atomic mass is 10.0. The van der Waals surface area contributed by atoms with Crippen LogP contribution in [0.2, 0.25) is 0 Å². The van der Waals surface area contributed by atoms with Crippen LogP contribution in [0.5, 0.6) is 0 Å². The first kappa shape index (κ1) is 12.6. The molecule has 2 aromatic rings. The first-order valence-corrected chi connectivity index (χ1v) is 6.25. The van der Waals surface area contributed by atoms with Crippen LogP contribution in [0.4, 0.5) is 0 Å². The second-order valence-corrected chi connectivity index (χ2v) is 4.33. The average molecular weight is 271 g/mol. The van der Waals surface area contributed by atoms with E-state index in [-0.39, 0.29) is 0 Å². The van der Waals surface area contributed by atoms with Crippen LogP contribution in [-0.2, 0) is 17.7 Å². The molecular formula is C13H13N5O2. The van der Waals surface area contributed by atoms with Gasteiger partial charge in [0.2, 0.25) is 0 Å². The van der Waals surface area contributed by atoms with Gasteiger partial charge in [0.15, 0.2) is 11.5 Å². The van der Waals surface area contributed by atoms with Crippen molar-refractivity contribution in [1.82, 2.24) is 25.3 Å². The number of carbonyl (C=O) groups excluding carboxylic acids is 1. The van der Waals surface area contributed by atoms with Gasteiger partial charge >= 0.3 is 5.97 Å². The quantitative estimate of drug-likeness (QED) is 0.789. The number of hydrogen-bond acceptors (Lipinski definition) is 7. The molecule has 0 amide bonds. The van der Waals surface area contributed by atoms with E-state index in [0.29, 0.717) is 23.8 Å². The number of carbonyl (C=O) groups is 1. The highest BCUT2D eigenvalue weighted by Gasteiger charge is 2.23. The van der Waals surface area contributed by atoms with Crippen LogP contribution >= 0.6 is 0 Å². The van der Waals surface area contributed by atoms with Crippen LogP contribution in [0, 0.1) is 0 Å². The molecule has 0 saturated heterocycles. The van der Waals surface area contributed by atoms with Crippen molar-refractivity contribution in [1.29, 1.82) is 0 Å². The fourth-order valence-corrected chi connectivity index (χ4v) is 2.15. The fraction of sp³-hybridized carbons (Fsp3) is 0.308. The van der Waals surface area contributed by atoms with Crippen LogP contribution in [0.25, 0.3) is 11.5 Å². The number of ether oxygens (including phenoxy) is 1. The van der Waals surface area contributed by atoms with Gasteiger partial charge in [0.25, 0.3) is 0 Å². The van der Waals surface area contributed by atoms with Crippen molar-refractivity contribution in [2.75, 3.05) is 13.7 Å². The minimum atomic E-state index is -0.456. The topological polar surface area (TPSA) is 89.9 Å². The highest BCUT2D eigenvalue weighted by atomic mass is 16.5. The molecule has 2 aromatic heterocycles. The molecule has 0 saturated carbocycles. The lowest BCUT2D eigenvalue weighted by molar-refractivity contribution is 0.0592. The van der Waals surface area contributed by atoms with E-state index in [9.17, 15) is 4.79 Å². The summed E-state index contributed by atoms with van der Waals surface area (Å²) < 4.78 is 4.80. The Hall–Kier alpha value is -2.41. The number of nitrogens with one attached hydrogen (secondary N) is 1. The predicted octanol–water partition coefficient (Wildman–Crippen LogP) is 0.366. The molecule has 3 rings (SSSR count). The van der Waals surface area contributed by atoms with Crippen molar-refractivity contribution in [3.05, 3.63) is 35.5 Å². The summed E-state index contributed by atoms with van der Waals surface area (Å²) in [5.74, 6) is -0.0314. The Morgan fingerprint density at radius 3 is 3.05 bits per heavy atom. The summed E-state index contributed by atoms with van der Waals surface area (Å²) in [5, 5.41) is 3.21. The minimum Gasteiger partial charge on any atom is -0.464 e. The largest absolute Gasteiger partial charge is 0.464 e. The zero-order valence-corrected chi connectivity index (χ0v) is 11.0. The first-order valence-electron chi connectivity index (χ1n) is 6.25. The van der Waals surface area contributed by atoms with Crippen LogP contribution in [0.3, 0.4) is 0 Å². The van der Waals surface area contributed by atoms with Gasteiger partial charge in [0.1, 0.15) is 12.0 Å². The van der Waals surface area contributed by atoms with Gasteiger partial charge in [-0.15, -0.1) is 0 Å². The predicted molar refractivity (Wildman–Crippen MR) is 69.8 cm³/mol. The van der Waals surface area contributed by atoms with Crippen molar-refractivity contribution in [3.8, 4) is 11.5 Å². The molecule has 0 bridgehead atoms. The minimum absolute atomic E-state index is 0.304. The summed E-state index contributed by atoms with van der Waals surface area (Å²) in [6.07, 6.45) is 3.79. The van der Waals surface area contributed by atoms with E-state index in [0.717, 1.165) is 24.2 Å². The van der Waals surface area contributed by atoms with E-state index in [1.807, 2.05) is 0 Å². The molecule has 102 valence electrons. The second kappa shape index (κ2) is 5.30. The summed E-state index contributed by atoms with van der Waals surface area (Å²) in [7, 11) is 1.34. The summed E-state index contributed by atoms with van der Waals surface area (Å²) >= 11 is 0. The molecular weight excluding hydrogens is 258 g/mol. The molecule has 1 aliphatic rings. The SMILES string of the molecule is COC(=O)c1nc(-c2ccncn2)nc2c1CNCC2. The summed E-state index contributed by atoms with van der Waals surface area (Å²) in [5.41, 5.74) is 2.57. The molecule has 1 aliphatic heterocycles. The Balaban J connectivity index is 2.15. The second-order valence-electron chi connectivity index (χ2n) is 4.33. The molecule has 0 atom stereocenters. The number of aromatic nitrogens is 4. The van der Waals surface area contributed by atoms with Gasteiger partial charge in [-0.3, -0.25) is 0 Å². The van der Waals surface area contributed by atoms with E-state index >= 15 is 0 Å². The fourth-order valence-electron chi connectivity index (χ4n) is 2.15. The van der Waals surface area contributed by atoms with Crippen molar-refractivity contribution < 1.29 is 9.53 Å². The lowest BCUT2D eigenvalue weighted by Gasteiger charge is -2.18. The van der Waals surface area contributed by atoms with Crippen LogP contribution < -0.4 is 5.32 Å². The van der Waals surface area contributed by atoms with Crippen molar-refractivity contribution >= 4 is 5.97 Å². The molecule has 7 nitrogen and oxygen atoms in total. The molecule has 1 N–H and O–H groups in total. The number of hydrogen-bond donors (Lipinski definition) is 1. The van der Waals surface area contributed by atoms with Crippen molar-refractivity contribution in [2.45, 2.75) is 13.0 Å². The standard InChI is InChI=1S/C13H13N5O2/c1-20-13(19)11-8-6-14-4-2-9(8)17-12(18-11)10-3-5-15-7-16-10/h3,5,7,14H,2,4,6H2,1H3. The van der Waals surface area contributed by atoms with Gasteiger partial charge in [-0.05, 0) is 6.07 Å². The monoisotopic (exact) mass is 271 g/mol. The van der Waals surface area contributed by atoms with E-state index in [1.54, 1.807) is 12.3 Å². The molecule has 20 heavy (non-hydrogen) atoms. The van der Waals surface area contributed by atoms with Gasteiger partial charge in [0.05, 0.1) is 12.8 Å². The van der Waals surface area contributed by atoms with Gasteiger partial charge in [-0.25, -0.2) is 24.7 Å². The molecule has 0 aromatic carbocycles. The average Bonchev–Trinajstić information content (AvgIpc) is 2.54. The maximum Gasteiger partial charge on any atom is 0.357 e. The third kappa shape index (κ3) is 2.23. The third-order valence-electron chi connectivity index (χ3n) is 3.12. The zero-order chi connectivity index (χ0) is 13.9. The lowest BCUT2D eigenvalue weighted by Crippen LogP contribution is -2.28. The van der Waals surface area contributed by atoms with Crippen LogP contribution in [-0.4, -0.2) is 39.6 Å². The first-order chi connectivity index (χ1) is 9.79. The Labute approximate surface area is 115 Å². The number of rotatable bonds is 2. The summed E-state index contributed by atoms with van der Waals surface area (Å²) in [6.45, 7) is 1.40. The molecule has 0 radical (unpaired) electrons. The highest BCUT2D eigenvalue weighted by molar-refractivity contribution is 5.89. The number of methoxy groups -OCH3 is 1. The highest BCUT2D eigenvalue weighted by Crippen LogP contribution is 2.20. The van der Waals surface area contributed by atoms with E-state index < -0.39 is 5.97 Å². The number of esters is 1. The Bertz CT molecular complexity index is 645. The van der Waals surface area contributed by atoms with Gasteiger partial charge < -0.3 is 10.1 Å². The summed E-state index contributed by atoms with van der Waals surface area (Å²) in [4.78, 5) is 28.7. The van der Waals surface area contributed by atoms with Gasteiger partial charge in [-0.2, -0.15) is 0 Å². The molecule has 3 heterocycles. The van der Waals surface area contributed by atoms with Crippen molar-refractivity contribution in [2.24, 2.45) is 0 Å². The van der Waals surface area contributed by atoms with Crippen LogP contribution in [0.1, 0.15) is 21.7 Å². The summed E-state index contributed by atoms with van der Waals surface area (Å²) in [6, 6.07) is 1.71. The smallest absolute Gasteiger partial charge is 0.357 e. The molecule has 0 fully saturated rings. The molecule has 0 spiro atoms. The van der Waals surface area contributed by atoms with Gasteiger partial charge in [0, 0.05) is 31.3 Å². The normalized spacial score (nSPS) is 13.7.